The molecule has 0 radical (unpaired) electrons. The third kappa shape index (κ3) is 4.09. The van der Waals surface area contributed by atoms with Crippen molar-refractivity contribution in [2.45, 2.75) is 33.4 Å². The minimum absolute atomic E-state index is 0.111. The van der Waals surface area contributed by atoms with Gasteiger partial charge in [0.25, 0.3) is 5.91 Å². The van der Waals surface area contributed by atoms with Gasteiger partial charge in [-0.05, 0) is 43.5 Å². The lowest BCUT2D eigenvalue weighted by Gasteiger charge is -2.17. The van der Waals surface area contributed by atoms with Crippen molar-refractivity contribution in [3.8, 4) is 5.75 Å². The van der Waals surface area contributed by atoms with Gasteiger partial charge in [-0.25, -0.2) is 0 Å². The van der Waals surface area contributed by atoms with Crippen LogP contribution in [0.25, 0.3) is 0 Å². The smallest absolute Gasteiger partial charge is 0.261 e. The summed E-state index contributed by atoms with van der Waals surface area (Å²) in [6, 6.07) is 15.7. The van der Waals surface area contributed by atoms with Crippen LogP contribution in [-0.4, -0.2) is 12.0 Å². The van der Waals surface area contributed by atoms with E-state index >= 15 is 0 Å². The molecule has 0 fully saturated rings. The Bertz CT molecular complexity index is 608. The molecule has 3 nitrogen and oxygen atoms in total. The summed E-state index contributed by atoms with van der Waals surface area (Å²) < 4.78 is 5.76. The first-order valence-corrected chi connectivity index (χ1v) is 7.12. The molecule has 1 atom stereocenters. The average molecular weight is 283 g/mol. The van der Waals surface area contributed by atoms with Crippen molar-refractivity contribution in [2.75, 3.05) is 0 Å². The molecule has 2 aromatic rings. The molecular weight excluding hydrogens is 262 g/mol. The van der Waals surface area contributed by atoms with Gasteiger partial charge >= 0.3 is 0 Å². The first kappa shape index (κ1) is 15.1. The Balaban J connectivity index is 1.92. The Labute approximate surface area is 126 Å². The Morgan fingerprint density at radius 2 is 1.81 bits per heavy atom. The number of hydrogen-bond donors (Lipinski definition) is 1. The van der Waals surface area contributed by atoms with E-state index in [2.05, 4.69) is 5.32 Å². The normalized spacial score (nSPS) is 11.8. The van der Waals surface area contributed by atoms with Gasteiger partial charge in [-0.1, -0.05) is 42.5 Å². The number of amides is 1. The predicted octanol–water partition coefficient (Wildman–Crippen LogP) is 3.39. The highest BCUT2D eigenvalue weighted by molar-refractivity contribution is 5.80. The van der Waals surface area contributed by atoms with Crippen LogP contribution >= 0.6 is 0 Å². The molecule has 0 aromatic heterocycles. The topological polar surface area (TPSA) is 38.3 Å². The van der Waals surface area contributed by atoms with Gasteiger partial charge < -0.3 is 10.1 Å². The van der Waals surface area contributed by atoms with E-state index in [0.717, 1.165) is 22.4 Å². The van der Waals surface area contributed by atoms with Crippen LogP contribution in [0.1, 0.15) is 23.6 Å². The summed E-state index contributed by atoms with van der Waals surface area (Å²) >= 11 is 0. The van der Waals surface area contributed by atoms with Crippen LogP contribution in [-0.2, 0) is 11.3 Å². The molecule has 2 rings (SSSR count). The van der Waals surface area contributed by atoms with E-state index in [0.29, 0.717) is 6.54 Å². The molecular formula is C18H21NO2. The fourth-order valence-corrected chi connectivity index (χ4v) is 2.02. The van der Waals surface area contributed by atoms with Crippen molar-refractivity contribution in [1.82, 2.24) is 5.32 Å². The van der Waals surface area contributed by atoms with Crippen LogP contribution in [0.3, 0.4) is 0 Å². The zero-order chi connectivity index (χ0) is 15.2. The molecule has 0 aliphatic rings. The van der Waals surface area contributed by atoms with E-state index < -0.39 is 6.10 Å². The lowest BCUT2D eigenvalue weighted by molar-refractivity contribution is -0.127. The maximum absolute atomic E-state index is 12.1. The number of hydrogen-bond acceptors (Lipinski definition) is 2. The van der Waals surface area contributed by atoms with Gasteiger partial charge in [0.2, 0.25) is 0 Å². The first-order chi connectivity index (χ1) is 10.1. The molecule has 1 N–H and O–H groups in total. The van der Waals surface area contributed by atoms with Crippen LogP contribution in [0, 0.1) is 13.8 Å². The maximum Gasteiger partial charge on any atom is 0.261 e. The molecule has 2 aromatic carbocycles. The Hall–Kier alpha value is -2.29. The quantitative estimate of drug-likeness (QED) is 0.913. The summed E-state index contributed by atoms with van der Waals surface area (Å²) in [6.45, 7) is 6.31. The van der Waals surface area contributed by atoms with Gasteiger partial charge in [-0.2, -0.15) is 0 Å². The van der Waals surface area contributed by atoms with E-state index in [1.807, 2.05) is 62.4 Å². The Morgan fingerprint density at radius 1 is 1.10 bits per heavy atom. The lowest BCUT2D eigenvalue weighted by atomic mass is 10.1. The van der Waals surface area contributed by atoms with E-state index in [1.165, 1.54) is 0 Å². The Morgan fingerprint density at radius 3 is 2.52 bits per heavy atom. The van der Waals surface area contributed by atoms with Gasteiger partial charge in [0, 0.05) is 6.54 Å². The van der Waals surface area contributed by atoms with Gasteiger partial charge in [-0.3, -0.25) is 4.79 Å². The summed E-state index contributed by atoms with van der Waals surface area (Å²) in [5.41, 5.74) is 3.30. The van der Waals surface area contributed by atoms with Gasteiger partial charge in [-0.15, -0.1) is 0 Å². The highest BCUT2D eigenvalue weighted by Crippen LogP contribution is 2.21. The average Bonchev–Trinajstić information content (AvgIpc) is 2.50. The highest BCUT2D eigenvalue weighted by atomic mass is 16.5. The molecule has 0 aliphatic carbocycles. The molecule has 0 saturated carbocycles. The zero-order valence-corrected chi connectivity index (χ0v) is 12.7. The second-order valence-electron chi connectivity index (χ2n) is 5.16. The SMILES string of the molecule is Cc1cccc(O[C@@H](C)C(=O)NCc2ccccc2)c1C. The third-order valence-electron chi connectivity index (χ3n) is 3.54. The molecule has 0 saturated heterocycles. The van der Waals surface area contributed by atoms with Crippen molar-refractivity contribution in [3.63, 3.8) is 0 Å². The van der Waals surface area contributed by atoms with E-state index in [-0.39, 0.29) is 5.91 Å². The van der Waals surface area contributed by atoms with Crippen molar-refractivity contribution < 1.29 is 9.53 Å². The summed E-state index contributed by atoms with van der Waals surface area (Å²) in [7, 11) is 0. The van der Waals surface area contributed by atoms with Crippen molar-refractivity contribution in [1.29, 1.82) is 0 Å². The van der Waals surface area contributed by atoms with Gasteiger partial charge in [0.1, 0.15) is 5.75 Å². The maximum atomic E-state index is 12.1. The first-order valence-electron chi connectivity index (χ1n) is 7.12. The van der Waals surface area contributed by atoms with Crippen molar-refractivity contribution >= 4 is 5.91 Å². The predicted molar refractivity (Wildman–Crippen MR) is 84.3 cm³/mol. The number of ether oxygens (including phenoxy) is 1. The highest BCUT2D eigenvalue weighted by Gasteiger charge is 2.15. The van der Waals surface area contributed by atoms with Crippen molar-refractivity contribution in [3.05, 3.63) is 65.2 Å². The summed E-state index contributed by atoms with van der Waals surface area (Å²) in [5.74, 6) is 0.650. The van der Waals surface area contributed by atoms with E-state index in [9.17, 15) is 4.79 Å². The molecule has 3 heteroatoms. The Kier molecular flexibility index (Phi) is 4.99. The van der Waals surface area contributed by atoms with E-state index in [4.69, 9.17) is 4.74 Å². The molecule has 0 heterocycles. The molecule has 1 amide bonds. The number of aryl methyl sites for hydroxylation is 1. The molecule has 0 unspecified atom stereocenters. The standard InChI is InChI=1S/C18H21NO2/c1-13-8-7-11-17(14(13)2)21-15(3)18(20)19-12-16-9-5-4-6-10-16/h4-11,15H,12H2,1-3H3,(H,19,20)/t15-/m0/s1. The lowest BCUT2D eigenvalue weighted by Crippen LogP contribution is -2.36. The number of nitrogens with one attached hydrogen (secondary N) is 1. The zero-order valence-electron chi connectivity index (χ0n) is 12.7. The van der Waals surface area contributed by atoms with Crippen LogP contribution < -0.4 is 10.1 Å². The molecule has 0 aliphatic heterocycles. The molecule has 0 bridgehead atoms. The van der Waals surface area contributed by atoms with Gasteiger partial charge in [0.15, 0.2) is 6.10 Å². The number of rotatable bonds is 5. The third-order valence-corrected chi connectivity index (χ3v) is 3.54. The number of carbonyl (C=O) groups excluding carboxylic acids is 1. The fraction of sp³-hybridized carbons (Fsp3) is 0.278. The monoisotopic (exact) mass is 283 g/mol. The number of carbonyl (C=O) groups is 1. The van der Waals surface area contributed by atoms with Crippen LogP contribution in [0.15, 0.2) is 48.5 Å². The second kappa shape index (κ2) is 6.93. The van der Waals surface area contributed by atoms with Crippen molar-refractivity contribution in [2.24, 2.45) is 0 Å². The minimum atomic E-state index is -0.519. The largest absolute Gasteiger partial charge is 0.481 e. The molecule has 110 valence electrons. The van der Waals surface area contributed by atoms with E-state index in [1.54, 1.807) is 6.92 Å². The molecule has 0 spiro atoms. The van der Waals surface area contributed by atoms with Gasteiger partial charge in [0.05, 0.1) is 0 Å². The van der Waals surface area contributed by atoms with Crippen LogP contribution in [0.2, 0.25) is 0 Å². The summed E-state index contributed by atoms with van der Waals surface area (Å²) in [5, 5.41) is 2.89. The fourth-order valence-electron chi connectivity index (χ4n) is 2.02. The van der Waals surface area contributed by atoms with Crippen LogP contribution in [0.5, 0.6) is 5.75 Å². The number of benzene rings is 2. The minimum Gasteiger partial charge on any atom is -0.481 e. The summed E-state index contributed by atoms with van der Waals surface area (Å²) in [4.78, 5) is 12.1. The summed E-state index contributed by atoms with van der Waals surface area (Å²) in [6.07, 6.45) is -0.519. The molecule has 21 heavy (non-hydrogen) atoms. The second-order valence-corrected chi connectivity index (χ2v) is 5.16. The van der Waals surface area contributed by atoms with Crippen LogP contribution in [0.4, 0.5) is 0 Å².